The summed E-state index contributed by atoms with van der Waals surface area (Å²) in [6, 6.07) is 40.2. The molecule has 84 heavy (non-hydrogen) atoms. The van der Waals surface area contributed by atoms with Crippen molar-refractivity contribution in [1.29, 1.82) is 0 Å². The molecule has 0 radical (unpaired) electrons. The first-order chi connectivity index (χ1) is 40.1. The molecule has 2 atom stereocenters. The number of methoxy groups -OCH3 is 2. The highest BCUT2D eigenvalue weighted by Gasteiger charge is 2.25. The molecule has 0 saturated carbocycles. The molecular weight excluding hydrogens is 1090 g/mol. The Labute approximate surface area is 490 Å². The topological polar surface area (TPSA) is 286 Å². The van der Waals surface area contributed by atoms with Crippen molar-refractivity contribution in [2.75, 3.05) is 63.5 Å². The van der Waals surface area contributed by atoms with E-state index in [1.54, 1.807) is 53.8 Å². The van der Waals surface area contributed by atoms with Gasteiger partial charge in [0.15, 0.2) is 0 Å². The van der Waals surface area contributed by atoms with Gasteiger partial charge in [0, 0.05) is 73.3 Å². The lowest BCUT2D eigenvalue weighted by molar-refractivity contribution is 0.0696. The zero-order chi connectivity index (χ0) is 59.3. The number of fused-ring (bicyclic) bond motifs is 2. The Hall–Kier alpha value is -10.3. The van der Waals surface area contributed by atoms with Crippen LogP contribution in [0.15, 0.2) is 168 Å². The summed E-state index contributed by atoms with van der Waals surface area (Å²) in [5.74, 6) is -0.221. The van der Waals surface area contributed by atoms with Crippen molar-refractivity contribution in [2.45, 2.75) is 39.8 Å². The highest BCUT2D eigenvalue weighted by atomic mass is 35.5. The Morgan fingerprint density at radius 2 is 1.04 bits per heavy atom. The summed E-state index contributed by atoms with van der Waals surface area (Å²) in [7, 11) is 6.74. The number of pyridine rings is 4. The number of nitrogen functional groups attached to an aromatic ring is 2. The van der Waals surface area contributed by atoms with Gasteiger partial charge in [0.2, 0.25) is 23.7 Å². The van der Waals surface area contributed by atoms with Crippen molar-refractivity contribution >= 4 is 69.4 Å². The third kappa shape index (κ3) is 13.6. The first-order valence-corrected chi connectivity index (χ1v) is 26.5. The van der Waals surface area contributed by atoms with Gasteiger partial charge in [-0.2, -0.15) is 9.97 Å². The van der Waals surface area contributed by atoms with Crippen LogP contribution in [0.2, 0.25) is 0 Å². The molecule has 0 fully saturated rings. The van der Waals surface area contributed by atoms with Crippen molar-refractivity contribution in [3.05, 3.63) is 201 Å². The first-order valence-electron chi connectivity index (χ1n) is 26.5. The van der Waals surface area contributed by atoms with E-state index in [-0.39, 0.29) is 52.7 Å². The third-order valence-corrected chi connectivity index (χ3v) is 13.5. The molecule has 0 aliphatic carbocycles. The van der Waals surface area contributed by atoms with Gasteiger partial charge in [-0.1, -0.05) is 79.7 Å². The number of carboxylic acids is 1. The van der Waals surface area contributed by atoms with Gasteiger partial charge < -0.3 is 46.9 Å². The Morgan fingerprint density at radius 3 is 1.43 bits per heavy atom. The third-order valence-electron chi connectivity index (χ3n) is 13.5. The monoisotopic (exact) mass is 1150 g/mol. The fourth-order valence-corrected chi connectivity index (χ4v) is 9.18. The fraction of sp³-hybridized carbons (Fsp3) is 0.194. The van der Waals surface area contributed by atoms with E-state index in [0.717, 1.165) is 45.8 Å². The molecule has 0 bridgehead atoms. The van der Waals surface area contributed by atoms with Gasteiger partial charge in [-0.15, -0.1) is 12.4 Å². The van der Waals surface area contributed by atoms with Crippen LogP contribution in [-0.4, -0.2) is 102 Å². The summed E-state index contributed by atoms with van der Waals surface area (Å²) in [6.45, 7) is 9.27. The molecule has 0 aliphatic rings. The molecule has 6 heterocycles. The van der Waals surface area contributed by atoms with Crippen LogP contribution in [0.3, 0.4) is 0 Å². The van der Waals surface area contributed by atoms with Gasteiger partial charge in [-0.05, 0) is 116 Å². The van der Waals surface area contributed by atoms with Crippen LogP contribution in [0.25, 0.3) is 55.2 Å². The number of benzene rings is 4. The predicted octanol–water partition coefficient (Wildman–Crippen LogP) is 9.65. The molecule has 0 saturated heterocycles. The predicted molar refractivity (Wildman–Crippen MR) is 332 cm³/mol. The molecule has 10 rings (SSSR count). The molecular formula is C62H65ClN14O7. The van der Waals surface area contributed by atoms with E-state index >= 15 is 0 Å². The summed E-state index contributed by atoms with van der Waals surface area (Å²) in [4.78, 5) is 79.6. The Balaban J connectivity index is 0.000000225. The molecule has 10 aromatic rings. The molecule has 432 valence electrons. The molecule has 1 amide bonds. The van der Waals surface area contributed by atoms with Gasteiger partial charge in [0.25, 0.3) is 17.0 Å². The van der Waals surface area contributed by atoms with Gasteiger partial charge in [-0.25, -0.2) is 24.7 Å². The second-order valence-electron chi connectivity index (χ2n) is 18.8. The van der Waals surface area contributed by atoms with E-state index in [1.807, 2.05) is 155 Å². The lowest BCUT2D eigenvalue weighted by Gasteiger charge is -2.23. The van der Waals surface area contributed by atoms with E-state index in [2.05, 4.69) is 52.8 Å². The molecule has 8 N–H and O–H groups in total. The van der Waals surface area contributed by atoms with Crippen molar-refractivity contribution in [2.24, 2.45) is 0 Å². The average Bonchev–Trinajstić information content (AvgIpc) is 3.01. The van der Waals surface area contributed by atoms with Gasteiger partial charge in [0.1, 0.15) is 22.8 Å². The van der Waals surface area contributed by atoms with E-state index in [4.69, 9.17) is 20.9 Å². The minimum absolute atomic E-state index is 0. The maximum absolute atomic E-state index is 14.4. The number of carbonyl (C=O) groups is 2. The first kappa shape index (κ1) is 61.4. The Bertz CT molecular complexity index is 4070. The number of carbonyl (C=O) groups excluding carboxylic acids is 1. The molecule has 6 aromatic heterocycles. The quantitative estimate of drug-likeness (QED) is 0.0525. The van der Waals surface area contributed by atoms with Crippen LogP contribution in [0.1, 0.15) is 71.9 Å². The number of carboxylic acid groups (broad SMARTS) is 1. The molecule has 21 nitrogen and oxygen atoms in total. The van der Waals surface area contributed by atoms with Crippen LogP contribution < -0.4 is 48.0 Å². The van der Waals surface area contributed by atoms with E-state index in [1.165, 1.54) is 6.20 Å². The number of ether oxygens (including phenoxy) is 2. The van der Waals surface area contributed by atoms with Crippen LogP contribution >= 0.6 is 12.4 Å². The van der Waals surface area contributed by atoms with Crippen molar-refractivity contribution < 1.29 is 24.2 Å². The number of hydrogen-bond donors (Lipinski definition) is 6. The lowest BCUT2D eigenvalue weighted by Crippen LogP contribution is -2.29. The van der Waals surface area contributed by atoms with Gasteiger partial charge in [-0.3, -0.25) is 23.5 Å². The number of aromatic carboxylic acids is 1. The maximum atomic E-state index is 14.4. The number of nitrogens with two attached hydrogens (primary N) is 2. The number of anilines is 4. The van der Waals surface area contributed by atoms with E-state index in [9.17, 15) is 24.3 Å². The number of halogens is 1. The Kier molecular flexibility index (Phi) is 20.4. The maximum Gasteiger partial charge on any atom is 0.341 e. The SMILES string of the molecule is CCN(C)C(=O)c1cnc(N)nc1N[C@@H](C)c1cc2cccc(-c3ccnc(OC)c3)c2c(=O)n1-c1ccccc1.CCNC.COc1cc(-c2cccc3cc([C@H](C)Nc4nc(N)ncc4C(=O)O)n(-c4ccccc4)c(=O)c23)ccn1.Cl. The van der Waals surface area contributed by atoms with Gasteiger partial charge in [0.05, 0.1) is 37.1 Å². The van der Waals surface area contributed by atoms with E-state index < -0.39 is 18.1 Å². The fourth-order valence-electron chi connectivity index (χ4n) is 9.18. The number of amides is 1. The second kappa shape index (κ2) is 28.0. The number of nitrogens with one attached hydrogen (secondary N) is 3. The molecule has 22 heteroatoms. The zero-order valence-electron chi connectivity index (χ0n) is 47.6. The van der Waals surface area contributed by atoms with Gasteiger partial charge >= 0.3 is 5.97 Å². The zero-order valence-corrected chi connectivity index (χ0v) is 48.4. The molecule has 4 aromatic carbocycles. The minimum atomic E-state index is -1.20. The van der Waals surface area contributed by atoms with Crippen molar-refractivity contribution in [1.82, 2.24) is 49.3 Å². The Morgan fingerprint density at radius 1 is 0.619 bits per heavy atom. The highest BCUT2D eigenvalue weighted by molar-refractivity contribution is 6.00. The smallest absolute Gasteiger partial charge is 0.341 e. The van der Waals surface area contributed by atoms with Crippen molar-refractivity contribution in [3.63, 3.8) is 0 Å². The molecule has 0 unspecified atom stereocenters. The summed E-state index contributed by atoms with van der Waals surface area (Å²) >= 11 is 0. The van der Waals surface area contributed by atoms with Crippen LogP contribution in [-0.2, 0) is 0 Å². The molecule has 0 aliphatic heterocycles. The summed E-state index contributed by atoms with van der Waals surface area (Å²) in [5, 5.41) is 21.6. The van der Waals surface area contributed by atoms with E-state index in [0.29, 0.717) is 63.2 Å². The number of rotatable bonds is 16. The minimum Gasteiger partial charge on any atom is -0.481 e. The number of aromatic nitrogens is 8. The largest absolute Gasteiger partial charge is 0.481 e. The number of nitrogens with zero attached hydrogens (tertiary/aromatic N) is 9. The lowest BCUT2D eigenvalue weighted by atomic mass is 9.98. The number of hydrogen-bond acceptors (Lipinski definition) is 17. The van der Waals surface area contributed by atoms with Crippen LogP contribution in [0.4, 0.5) is 23.5 Å². The standard InChI is InChI=1S/C31H31N7O3.C28H24N6O4.C3H9N.ClH/c1-5-37(3)29(39)24-18-34-31(32)36-28(24)35-19(2)25-16-21-10-9-13-23(20-14-15-33-26(17-20)41-4)27(21)30(40)38(25)22-11-7-6-8-12-22;1-16(32-25-21(27(36)37)15-31-28(29)33-25)22-13-18-7-6-10-20(17-11-12-30-23(14-17)38-2)24(18)26(35)34(22)19-8-4-3-5-9-19;1-3-4-2;/h6-19H,5H2,1-4H3,(H3,32,34,35,36);3-16H,1-2H3,(H,36,37)(H3,29,31,32,33);4H,3H2,1-2H3;1H/t19-;16-;;/m00../s1. The normalized spacial score (nSPS) is 11.4. The second-order valence-corrected chi connectivity index (χ2v) is 18.8. The van der Waals surface area contributed by atoms with Crippen LogP contribution in [0, 0.1) is 0 Å². The summed E-state index contributed by atoms with van der Waals surface area (Å²) in [6.07, 6.45) is 5.87. The van der Waals surface area contributed by atoms with Crippen LogP contribution in [0.5, 0.6) is 11.8 Å². The highest BCUT2D eigenvalue weighted by Crippen LogP contribution is 2.34. The van der Waals surface area contributed by atoms with Crippen molar-refractivity contribution in [3.8, 4) is 45.4 Å². The molecule has 0 spiro atoms. The average molecular weight is 1150 g/mol. The number of para-hydroxylation sites is 2. The summed E-state index contributed by atoms with van der Waals surface area (Å²) in [5.41, 5.74) is 17.1. The summed E-state index contributed by atoms with van der Waals surface area (Å²) < 4.78 is 13.9.